The number of likely N-dealkylation sites (tertiary alicyclic amines) is 2. The zero-order chi connectivity index (χ0) is 17.6. The van der Waals surface area contributed by atoms with Crippen LogP contribution in [0.1, 0.15) is 70.6 Å². The standard InChI is InChI=1S/C20H30N2O3/c23-17-11-14-21(15-12-17)19(24)9-3-4-10-20(25)22-13-5-7-16-6-1-2-8-18(16)22/h8,16H,1-7,9-15H2. The maximum Gasteiger partial charge on any atom is 0.226 e. The molecule has 0 aromatic carbocycles. The summed E-state index contributed by atoms with van der Waals surface area (Å²) in [7, 11) is 0. The molecule has 0 saturated carbocycles. The van der Waals surface area contributed by atoms with Crippen LogP contribution in [0.4, 0.5) is 0 Å². The van der Waals surface area contributed by atoms with Gasteiger partial charge in [-0.2, -0.15) is 0 Å². The molecule has 0 radical (unpaired) electrons. The third-order valence-electron chi connectivity index (χ3n) is 5.78. The number of Topliss-reactive ketones (excluding diaryl/α,β-unsaturated/α-hetero) is 1. The first-order valence-electron chi connectivity index (χ1n) is 9.95. The number of rotatable bonds is 5. The highest BCUT2D eigenvalue weighted by Crippen LogP contribution is 2.35. The van der Waals surface area contributed by atoms with Gasteiger partial charge in [-0.1, -0.05) is 6.08 Å². The molecular weight excluding hydrogens is 316 g/mol. The van der Waals surface area contributed by atoms with Crippen LogP contribution in [0.5, 0.6) is 0 Å². The summed E-state index contributed by atoms with van der Waals surface area (Å²) in [6.45, 7) is 2.00. The molecule has 0 aromatic rings. The van der Waals surface area contributed by atoms with Crippen LogP contribution in [0.2, 0.25) is 0 Å². The zero-order valence-corrected chi connectivity index (χ0v) is 15.2. The van der Waals surface area contributed by atoms with Crippen molar-refractivity contribution in [2.24, 2.45) is 5.92 Å². The van der Waals surface area contributed by atoms with Crippen LogP contribution >= 0.6 is 0 Å². The minimum Gasteiger partial charge on any atom is -0.342 e. The number of carbonyl (C=O) groups is 3. The number of nitrogens with zero attached hydrogens (tertiary/aromatic N) is 2. The highest BCUT2D eigenvalue weighted by molar-refractivity contribution is 5.83. The van der Waals surface area contributed by atoms with Gasteiger partial charge in [0.15, 0.2) is 0 Å². The van der Waals surface area contributed by atoms with Gasteiger partial charge in [0.25, 0.3) is 0 Å². The van der Waals surface area contributed by atoms with Crippen molar-refractivity contribution in [1.82, 2.24) is 9.80 Å². The monoisotopic (exact) mass is 346 g/mol. The van der Waals surface area contributed by atoms with E-state index in [1.54, 1.807) is 4.90 Å². The largest absolute Gasteiger partial charge is 0.342 e. The Morgan fingerprint density at radius 3 is 2.40 bits per heavy atom. The molecule has 5 nitrogen and oxygen atoms in total. The fraction of sp³-hybridized carbons (Fsp3) is 0.750. The summed E-state index contributed by atoms with van der Waals surface area (Å²) >= 11 is 0. The van der Waals surface area contributed by atoms with Crippen molar-refractivity contribution in [1.29, 1.82) is 0 Å². The molecule has 0 N–H and O–H groups in total. The van der Waals surface area contributed by atoms with E-state index in [0.29, 0.717) is 44.7 Å². The van der Waals surface area contributed by atoms with E-state index in [0.717, 1.165) is 32.2 Å². The predicted octanol–water partition coefficient (Wildman–Crippen LogP) is 3.04. The molecule has 3 rings (SSSR count). The van der Waals surface area contributed by atoms with Crippen LogP contribution < -0.4 is 0 Å². The highest BCUT2D eigenvalue weighted by atomic mass is 16.2. The van der Waals surface area contributed by atoms with E-state index in [1.807, 2.05) is 4.90 Å². The van der Waals surface area contributed by atoms with Crippen LogP contribution in [0.15, 0.2) is 11.8 Å². The molecule has 5 heteroatoms. The molecule has 2 fully saturated rings. The molecule has 25 heavy (non-hydrogen) atoms. The molecule has 0 spiro atoms. The number of allylic oxidation sites excluding steroid dienone is 2. The summed E-state index contributed by atoms with van der Waals surface area (Å²) in [6, 6.07) is 0. The number of unbranched alkanes of at least 4 members (excludes halogenated alkanes) is 1. The van der Waals surface area contributed by atoms with Crippen molar-refractivity contribution in [2.45, 2.75) is 70.6 Å². The van der Waals surface area contributed by atoms with Crippen LogP contribution in [-0.4, -0.2) is 47.0 Å². The lowest BCUT2D eigenvalue weighted by molar-refractivity contribution is -0.135. The van der Waals surface area contributed by atoms with Gasteiger partial charge in [0.05, 0.1) is 0 Å². The Morgan fingerprint density at radius 1 is 0.960 bits per heavy atom. The van der Waals surface area contributed by atoms with E-state index in [-0.39, 0.29) is 17.6 Å². The normalized spacial score (nSPS) is 23.9. The van der Waals surface area contributed by atoms with Crippen molar-refractivity contribution in [3.8, 4) is 0 Å². The van der Waals surface area contributed by atoms with Crippen molar-refractivity contribution in [3.63, 3.8) is 0 Å². The summed E-state index contributed by atoms with van der Waals surface area (Å²) in [5, 5.41) is 0. The molecule has 2 heterocycles. The van der Waals surface area contributed by atoms with E-state index in [2.05, 4.69) is 6.08 Å². The minimum absolute atomic E-state index is 0.132. The number of fused-ring (bicyclic) bond motifs is 1. The Morgan fingerprint density at radius 2 is 1.64 bits per heavy atom. The van der Waals surface area contributed by atoms with Gasteiger partial charge in [-0.25, -0.2) is 0 Å². The van der Waals surface area contributed by atoms with Crippen molar-refractivity contribution >= 4 is 17.6 Å². The van der Waals surface area contributed by atoms with Gasteiger partial charge in [-0.05, 0) is 50.9 Å². The molecule has 2 amide bonds. The maximum atomic E-state index is 12.6. The summed E-state index contributed by atoms with van der Waals surface area (Å²) < 4.78 is 0. The molecule has 1 aliphatic carbocycles. The Bertz CT molecular complexity index is 545. The number of amides is 2. The maximum absolute atomic E-state index is 12.6. The smallest absolute Gasteiger partial charge is 0.226 e. The van der Waals surface area contributed by atoms with Crippen LogP contribution in [0.3, 0.4) is 0 Å². The van der Waals surface area contributed by atoms with Crippen LogP contribution in [0, 0.1) is 5.92 Å². The SMILES string of the molecule is O=C1CCN(C(=O)CCCCC(=O)N2CCCC3CCCC=C32)CC1. The molecule has 2 saturated heterocycles. The summed E-state index contributed by atoms with van der Waals surface area (Å²) in [6.07, 6.45) is 11.7. The van der Waals surface area contributed by atoms with Gasteiger partial charge in [0.1, 0.15) is 5.78 Å². The summed E-state index contributed by atoms with van der Waals surface area (Å²) in [4.78, 5) is 39.8. The zero-order valence-electron chi connectivity index (χ0n) is 15.2. The first-order chi connectivity index (χ1) is 12.1. The number of carbonyl (C=O) groups excluding carboxylic acids is 3. The van der Waals surface area contributed by atoms with Gasteiger partial charge in [0, 0.05) is 51.0 Å². The Kier molecular flexibility index (Phi) is 6.27. The highest BCUT2D eigenvalue weighted by Gasteiger charge is 2.29. The number of piperidine rings is 2. The van der Waals surface area contributed by atoms with E-state index >= 15 is 0 Å². The fourth-order valence-electron chi connectivity index (χ4n) is 4.30. The average Bonchev–Trinajstić information content (AvgIpc) is 2.65. The van der Waals surface area contributed by atoms with Gasteiger partial charge >= 0.3 is 0 Å². The number of ketones is 1. The number of hydrogen-bond acceptors (Lipinski definition) is 3. The Labute approximate surface area is 150 Å². The van der Waals surface area contributed by atoms with Crippen LogP contribution in [0.25, 0.3) is 0 Å². The molecule has 0 aromatic heterocycles. The minimum atomic E-state index is 0.132. The van der Waals surface area contributed by atoms with E-state index in [9.17, 15) is 14.4 Å². The van der Waals surface area contributed by atoms with Gasteiger partial charge in [0.2, 0.25) is 11.8 Å². The average molecular weight is 346 g/mol. The first kappa shape index (κ1) is 18.2. The molecule has 138 valence electrons. The molecule has 1 atom stereocenters. The lowest BCUT2D eigenvalue weighted by Gasteiger charge is -2.38. The quantitative estimate of drug-likeness (QED) is 0.719. The molecule has 2 aliphatic heterocycles. The fourth-order valence-corrected chi connectivity index (χ4v) is 4.30. The van der Waals surface area contributed by atoms with Crippen LogP contribution in [-0.2, 0) is 14.4 Å². The second-order valence-electron chi connectivity index (χ2n) is 7.57. The molecular formula is C20H30N2O3. The van der Waals surface area contributed by atoms with E-state index in [4.69, 9.17) is 0 Å². The Hall–Kier alpha value is -1.65. The van der Waals surface area contributed by atoms with Crippen molar-refractivity contribution in [3.05, 3.63) is 11.8 Å². The van der Waals surface area contributed by atoms with E-state index < -0.39 is 0 Å². The summed E-state index contributed by atoms with van der Waals surface area (Å²) in [5.74, 6) is 1.21. The third kappa shape index (κ3) is 4.71. The third-order valence-corrected chi connectivity index (χ3v) is 5.78. The van der Waals surface area contributed by atoms with Gasteiger partial charge < -0.3 is 9.80 Å². The number of hydrogen-bond donors (Lipinski definition) is 0. The lowest BCUT2D eigenvalue weighted by Crippen LogP contribution is -2.39. The molecule has 1 unspecified atom stereocenters. The molecule has 0 bridgehead atoms. The van der Waals surface area contributed by atoms with Gasteiger partial charge in [-0.15, -0.1) is 0 Å². The topological polar surface area (TPSA) is 57.7 Å². The second-order valence-corrected chi connectivity index (χ2v) is 7.57. The van der Waals surface area contributed by atoms with E-state index in [1.165, 1.54) is 25.0 Å². The molecule has 3 aliphatic rings. The Balaban J connectivity index is 1.38. The first-order valence-corrected chi connectivity index (χ1v) is 9.95. The van der Waals surface area contributed by atoms with Crippen molar-refractivity contribution in [2.75, 3.05) is 19.6 Å². The predicted molar refractivity (Wildman–Crippen MR) is 95.7 cm³/mol. The lowest BCUT2D eigenvalue weighted by atomic mass is 9.85. The van der Waals surface area contributed by atoms with Gasteiger partial charge in [-0.3, -0.25) is 14.4 Å². The summed E-state index contributed by atoms with van der Waals surface area (Å²) in [5.41, 5.74) is 1.27. The second kappa shape index (κ2) is 8.63. The van der Waals surface area contributed by atoms with Crippen molar-refractivity contribution < 1.29 is 14.4 Å².